The molecule has 1 N–H and O–H groups in total. The second-order valence-electron chi connectivity index (χ2n) is 13.9. The molecule has 0 radical (unpaired) electrons. The lowest BCUT2D eigenvalue weighted by atomic mass is 9.92. The summed E-state index contributed by atoms with van der Waals surface area (Å²) >= 11 is 0. The predicted octanol–water partition coefficient (Wildman–Crippen LogP) is 5.13. The molecule has 0 spiro atoms. The van der Waals surface area contributed by atoms with E-state index in [2.05, 4.69) is 26.7 Å². The topological polar surface area (TPSA) is 92.0 Å². The van der Waals surface area contributed by atoms with E-state index in [1.807, 2.05) is 23.9 Å². The number of anilines is 2. The van der Waals surface area contributed by atoms with E-state index in [9.17, 15) is 5.11 Å². The Kier molecular flexibility index (Phi) is 7.92. The molecule has 0 aliphatic carbocycles. The first-order chi connectivity index (χ1) is 22.9. The van der Waals surface area contributed by atoms with E-state index >= 15 is 4.39 Å². The van der Waals surface area contributed by atoms with Gasteiger partial charge in [-0.3, -0.25) is 9.58 Å². The number of aromatic hydroxyl groups is 1. The van der Waals surface area contributed by atoms with Crippen molar-refractivity contribution in [1.82, 2.24) is 24.6 Å². The van der Waals surface area contributed by atoms with E-state index in [4.69, 9.17) is 19.4 Å². The van der Waals surface area contributed by atoms with E-state index in [0.29, 0.717) is 76.3 Å². The fraction of sp³-hybridized carbons (Fsp3) is 0.528. The molecule has 248 valence electrons. The Bertz CT molecular complexity index is 1770. The van der Waals surface area contributed by atoms with Crippen LogP contribution in [0.4, 0.5) is 15.9 Å². The Labute approximate surface area is 275 Å². The number of aryl methyl sites for hydroxylation is 1. The zero-order chi connectivity index (χ0) is 32.1. The number of hydrogen-bond acceptors (Lipinski definition) is 9. The zero-order valence-corrected chi connectivity index (χ0v) is 27.4. The van der Waals surface area contributed by atoms with Crippen LogP contribution < -0.4 is 14.5 Å². The predicted molar refractivity (Wildman–Crippen MR) is 179 cm³/mol. The minimum absolute atomic E-state index is 0.0492. The Morgan fingerprint density at radius 3 is 2.89 bits per heavy atom. The van der Waals surface area contributed by atoms with Gasteiger partial charge in [-0.2, -0.15) is 15.1 Å². The molecule has 2 aromatic carbocycles. The third-order valence-electron chi connectivity index (χ3n) is 10.8. The van der Waals surface area contributed by atoms with Crippen LogP contribution in [0.2, 0.25) is 0 Å². The number of halogens is 1. The van der Waals surface area contributed by atoms with Crippen molar-refractivity contribution in [3.63, 3.8) is 0 Å². The lowest BCUT2D eigenvalue weighted by Gasteiger charge is -2.35. The molecule has 11 heteroatoms. The van der Waals surface area contributed by atoms with Crippen LogP contribution in [0.25, 0.3) is 10.8 Å². The molecule has 47 heavy (non-hydrogen) atoms. The van der Waals surface area contributed by atoms with Crippen LogP contribution in [0.5, 0.6) is 11.8 Å². The smallest absolute Gasteiger partial charge is 0.318 e. The Morgan fingerprint density at radius 2 is 2.04 bits per heavy atom. The van der Waals surface area contributed by atoms with Gasteiger partial charge in [-0.05, 0) is 73.7 Å². The van der Waals surface area contributed by atoms with Gasteiger partial charge in [0.1, 0.15) is 24.0 Å². The second-order valence-corrected chi connectivity index (χ2v) is 13.9. The van der Waals surface area contributed by atoms with Gasteiger partial charge in [0.15, 0.2) is 0 Å². The Hall–Kier alpha value is -3.96. The summed E-state index contributed by atoms with van der Waals surface area (Å²) in [6.45, 7) is 10.9. The van der Waals surface area contributed by atoms with Crippen molar-refractivity contribution in [3.8, 4) is 11.8 Å². The summed E-state index contributed by atoms with van der Waals surface area (Å²) in [5, 5.41) is 16.9. The summed E-state index contributed by atoms with van der Waals surface area (Å²) < 4.78 is 29.7. The quantitative estimate of drug-likeness (QED) is 0.295. The van der Waals surface area contributed by atoms with Crippen LogP contribution in [0, 0.1) is 11.7 Å². The number of benzene rings is 2. The third-order valence-corrected chi connectivity index (χ3v) is 10.8. The van der Waals surface area contributed by atoms with Crippen molar-refractivity contribution in [2.24, 2.45) is 5.92 Å². The maximum Gasteiger partial charge on any atom is 0.318 e. The van der Waals surface area contributed by atoms with Gasteiger partial charge in [-0.15, -0.1) is 0 Å². The normalized spacial score (nSPS) is 24.8. The fourth-order valence-electron chi connectivity index (χ4n) is 8.65. The zero-order valence-electron chi connectivity index (χ0n) is 27.4. The molecule has 4 aliphatic rings. The molecule has 3 atom stereocenters. The Balaban J connectivity index is 1.17. The summed E-state index contributed by atoms with van der Waals surface area (Å²) in [6.07, 6.45) is 8.52. The molecule has 4 aliphatic heterocycles. The molecule has 0 amide bonds. The number of ether oxygens (including phenoxy) is 2. The average molecular weight is 642 g/mol. The van der Waals surface area contributed by atoms with Crippen LogP contribution in [0.3, 0.4) is 0 Å². The highest BCUT2D eigenvalue weighted by Gasteiger charge is 2.48. The van der Waals surface area contributed by atoms with E-state index < -0.39 is 0 Å². The molecule has 6 heterocycles. The maximum atomic E-state index is 15.1. The van der Waals surface area contributed by atoms with Crippen LogP contribution >= 0.6 is 0 Å². The standard InChI is InChI=1S/C36H44FN7O3/c1-3-28-30(37)7-6-25-16-27(45)17-32(33(25)28)41-13-8-29-31(21-41)39-35(47-23-36-9-4-11-43(36)19-24(2)18-36)40-34(29)42-14-15-46-22-26(20-42)44-12-5-10-38-44/h5-7,10,12,16-17,24,26,45H,3-4,8-9,11,13-15,18-23H2,1-2H3/t24-,26?,36+/m1/s1. The van der Waals surface area contributed by atoms with Crippen LogP contribution in [-0.2, 0) is 24.1 Å². The minimum atomic E-state index is -0.221. The summed E-state index contributed by atoms with van der Waals surface area (Å²) in [4.78, 5) is 17.4. The summed E-state index contributed by atoms with van der Waals surface area (Å²) in [5.41, 5.74) is 3.55. The van der Waals surface area contributed by atoms with Crippen LogP contribution in [0.1, 0.15) is 56.0 Å². The molecular weight excluding hydrogens is 597 g/mol. The lowest BCUT2D eigenvalue weighted by Crippen LogP contribution is -2.43. The number of aromatic nitrogens is 4. The largest absolute Gasteiger partial charge is 0.508 e. The van der Waals surface area contributed by atoms with Gasteiger partial charge in [0.25, 0.3) is 0 Å². The lowest BCUT2D eigenvalue weighted by molar-refractivity contribution is 0.107. The average Bonchev–Trinajstić information content (AvgIpc) is 3.76. The van der Waals surface area contributed by atoms with Gasteiger partial charge in [-0.25, -0.2) is 4.39 Å². The van der Waals surface area contributed by atoms with Gasteiger partial charge in [-0.1, -0.05) is 19.9 Å². The summed E-state index contributed by atoms with van der Waals surface area (Å²) in [6, 6.07) is 9.13. The van der Waals surface area contributed by atoms with Crippen LogP contribution in [0.15, 0.2) is 42.7 Å². The van der Waals surface area contributed by atoms with Gasteiger partial charge in [0, 0.05) is 61.3 Å². The highest BCUT2D eigenvalue weighted by atomic mass is 19.1. The van der Waals surface area contributed by atoms with E-state index in [0.717, 1.165) is 59.5 Å². The highest BCUT2D eigenvalue weighted by Crippen LogP contribution is 2.42. The van der Waals surface area contributed by atoms with Crippen molar-refractivity contribution >= 4 is 22.3 Å². The first kappa shape index (κ1) is 30.4. The van der Waals surface area contributed by atoms with Gasteiger partial charge in [0.05, 0.1) is 37.0 Å². The molecule has 8 rings (SSSR count). The first-order valence-corrected chi connectivity index (χ1v) is 17.2. The number of rotatable bonds is 7. The molecular formula is C36H44FN7O3. The number of fused-ring (bicyclic) bond motifs is 3. The Morgan fingerprint density at radius 1 is 1.13 bits per heavy atom. The van der Waals surface area contributed by atoms with Crippen molar-refractivity contribution < 1.29 is 19.0 Å². The molecule has 0 bridgehead atoms. The number of phenolic OH excluding ortho intramolecular Hbond substituents is 1. The summed E-state index contributed by atoms with van der Waals surface area (Å²) in [7, 11) is 0. The number of nitrogens with zero attached hydrogens (tertiary/aromatic N) is 7. The minimum Gasteiger partial charge on any atom is -0.508 e. The molecule has 4 aromatic rings. The molecule has 1 unspecified atom stereocenters. The molecule has 10 nitrogen and oxygen atoms in total. The van der Waals surface area contributed by atoms with E-state index in [1.54, 1.807) is 24.4 Å². The van der Waals surface area contributed by atoms with Gasteiger partial charge in [0.2, 0.25) is 0 Å². The number of hydrogen-bond donors (Lipinski definition) is 1. The second kappa shape index (κ2) is 12.2. The molecule has 3 saturated heterocycles. The van der Waals surface area contributed by atoms with E-state index in [1.165, 1.54) is 12.5 Å². The monoisotopic (exact) mass is 641 g/mol. The van der Waals surface area contributed by atoms with E-state index in [-0.39, 0.29) is 23.1 Å². The van der Waals surface area contributed by atoms with Crippen molar-refractivity contribution in [2.45, 2.75) is 64.1 Å². The first-order valence-electron chi connectivity index (χ1n) is 17.2. The molecule has 2 aromatic heterocycles. The van der Waals surface area contributed by atoms with Crippen LogP contribution in [-0.4, -0.2) is 87.8 Å². The SMILES string of the molecule is CCc1c(F)ccc2cc(O)cc(N3CCc4c(nc(OC[C@@]56CCCN5C[C@H](C)C6)nc4N4CCOCC(n5cccn5)C4)C3)c12. The molecule has 0 saturated carbocycles. The van der Waals surface area contributed by atoms with Crippen molar-refractivity contribution in [1.29, 1.82) is 0 Å². The third kappa shape index (κ3) is 5.57. The fourth-order valence-corrected chi connectivity index (χ4v) is 8.65. The summed E-state index contributed by atoms with van der Waals surface area (Å²) in [5.74, 6) is 1.49. The van der Waals surface area contributed by atoms with Crippen molar-refractivity contribution in [3.05, 3.63) is 65.4 Å². The maximum absolute atomic E-state index is 15.1. The van der Waals surface area contributed by atoms with Crippen molar-refractivity contribution in [2.75, 3.05) is 62.3 Å². The van der Waals surface area contributed by atoms with Gasteiger partial charge < -0.3 is 24.4 Å². The van der Waals surface area contributed by atoms with Gasteiger partial charge >= 0.3 is 6.01 Å². The highest BCUT2D eigenvalue weighted by molar-refractivity contribution is 5.98. The molecule has 3 fully saturated rings. The number of phenols is 1.